The molecular formula is C30H36FN3O. The van der Waals surface area contributed by atoms with Crippen molar-refractivity contribution in [1.82, 2.24) is 9.88 Å². The molecule has 0 N–H and O–H groups in total. The van der Waals surface area contributed by atoms with Crippen LogP contribution in [-0.2, 0) is 17.6 Å². The lowest BCUT2D eigenvalue weighted by Gasteiger charge is -2.39. The Labute approximate surface area is 208 Å². The molecule has 2 saturated heterocycles. The maximum atomic E-state index is 14.3. The molecule has 2 aliphatic rings. The van der Waals surface area contributed by atoms with E-state index in [1.165, 1.54) is 36.2 Å². The number of hydrogen-bond acceptors (Lipinski definition) is 4. The smallest absolute Gasteiger partial charge is 0.123 e. The van der Waals surface area contributed by atoms with Crippen molar-refractivity contribution in [1.29, 1.82) is 0 Å². The van der Waals surface area contributed by atoms with Crippen LogP contribution in [0.3, 0.4) is 0 Å². The van der Waals surface area contributed by atoms with Crippen molar-refractivity contribution in [3.05, 3.63) is 83.4 Å². The first-order valence-electron chi connectivity index (χ1n) is 13.1. The van der Waals surface area contributed by atoms with Crippen molar-refractivity contribution in [2.45, 2.75) is 32.6 Å². The average molecular weight is 474 g/mol. The number of piperazine rings is 1. The standard InChI is InChI=1S/C30H36FN3O/c1-2-24-5-3-4-6-28(24)29-20-27(31)8-7-25(29)19-26-21-32-12-9-30(26)34-15-13-33(14-16-34)22-23-10-17-35-18-11-23/h3-9,12,20-21,23H,2,10-11,13-19,22H2,1H3. The van der Waals surface area contributed by atoms with E-state index in [0.29, 0.717) is 0 Å². The summed E-state index contributed by atoms with van der Waals surface area (Å²) >= 11 is 0. The quantitative estimate of drug-likeness (QED) is 0.447. The van der Waals surface area contributed by atoms with Crippen LogP contribution >= 0.6 is 0 Å². The van der Waals surface area contributed by atoms with E-state index < -0.39 is 0 Å². The number of rotatable bonds is 7. The summed E-state index contributed by atoms with van der Waals surface area (Å²) in [5, 5.41) is 0. The van der Waals surface area contributed by atoms with E-state index in [1.807, 2.05) is 24.5 Å². The van der Waals surface area contributed by atoms with Gasteiger partial charge in [-0.1, -0.05) is 37.3 Å². The lowest BCUT2D eigenvalue weighted by Crippen LogP contribution is -2.48. The second-order valence-electron chi connectivity index (χ2n) is 9.84. The third-order valence-electron chi connectivity index (χ3n) is 7.59. The van der Waals surface area contributed by atoms with Crippen LogP contribution in [0, 0.1) is 11.7 Å². The molecule has 1 aromatic heterocycles. The number of nitrogens with zero attached hydrogens (tertiary/aromatic N) is 3. The van der Waals surface area contributed by atoms with E-state index in [-0.39, 0.29) is 5.82 Å². The Balaban J connectivity index is 1.34. The van der Waals surface area contributed by atoms with Crippen molar-refractivity contribution in [3.8, 4) is 11.1 Å². The summed E-state index contributed by atoms with van der Waals surface area (Å²) < 4.78 is 19.9. The average Bonchev–Trinajstić information content (AvgIpc) is 2.91. The van der Waals surface area contributed by atoms with Gasteiger partial charge in [0.25, 0.3) is 0 Å². The fourth-order valence-electron chi connectivity index (χ4n) is 5.58. The van der Waals surface area contributed by atoms with Gasteiger partial charge in [-0.2, -0.15) is 0 Å². The minimum atomic E-state index is -0.193. The van der Waals surface area contributed by atoms with Gasteiger partial charge < -0.3 is 9.64 Å². The largest absolute Gasteiger partial charge is 0.381 e. The zero-order chi connectivity index (χ0) is 24.0. The highest BCUT2D eigenvalue weighted by Crippen LogP contribution is 2.32. The van der Waals surface area contributed by atoms with Crippen LogP contribution in [0.1, 0.15) is 36.5 Å². The van der Waals surface area contributed by atoms with Gasteiger partial charge >= 0.3 is 0 Å². The third-order valence-corrected chi connectivity index (χ3v) is 7.59. The molecule has 0 amide bonds. The zero-order valence-corrected chi connectivity index (χ0v) is 20.8. The molecule has 0 saturated carbocycles. The fourth-order valence-corrected chi connectivity index (χ4v) is 5.58. The lowest BCUT2D eigenvalue weighted by molar-refractivity contribution is 0.0517. The van der Waals surface area contributed by atoms with Crippen LogP contribution in [0.15, 0.2) is 60.9 Å². The van der Waals surface area contributed by atoms with E-state index in [2.05, 4.69) is 46.0 Å². The molecule has 5 heteroatoms. The van der Waals surface area contributed by atoms with E-state index in [9.17, 15) is 4.39 Å². The van der Waals surface area contributed by atoms with Gasteiger partial charge in [0.05, 0.1) is 0 Å². The van der Waals surface area contributed by atoms with Crippen LogP contribution in [0.4, 0.5) is 10.1 Å². The number of halogens is 1. The summed E-state index contributed by atoms with van der Waals surface area (Å²) in [4.78, 5) is 9.58. The monoisotopic (exact) mass is 473 g/mol. The topological polar surface area (TPSA) is 28.6 Å². The predicted octanol–water partition coefficient (Wildman–Crippen LogP) is 5.59. The summed E-state index contributed by atoms with van der Waals surface area (Å²) in [6, 6.07) is 15.7. The molecule has 3 heterocycles. The van der Waals surface area contributed by atoms with Gasteiger partial charge in [0, 0.05) is 70.4 Å². The molecule has 35 heavy (non-hydrogen) atoms. The van der Waals surface area contributed by atoms with Gasteiger partial charge in [-0.15, -0.1) is 0 Å². The molecule has 0 aliphatic carbocycles. The summed E-state index contributed by atoms with van der Waals surface area (Å²) in [7, 11) is 0. The normalized spacial score (nSPS) is 17.6. The van der Waals surface area contributed by atoms with E-state index in [4.69, 9.17) is 4.74 Å². The van der Waals surface area contributed by atoms with Crippen LogP contribution in [-0.4, -0.2) is 55.8 Å². The number of aryl methyl sites for hydroxylation is 1. The van der Waals surface area contributed by atoms with Gasteiger partial charge in [-0.05, 0) is 71.2 Å². The molecule has 2 aliphatic heterocycles. The molecule has 0 atom stereocenters. The minimum absolute atomic E-state index is 0.193. The zero-order valence-electron chi connectivity index (χ0n) is 20.8. The van der Waals surface area contributed by atoms with Gasteiger partial charge in [-0.25, -0.2) is 4.39 Å². The second kappa shape index (κ2) is 11.3. The molecule has 3 aromatic rings. The Kier molecular flexibility index (Phi) is 7.75. The Hall–Kier alpha value is -2.76. The number of ether oxygens (including phenoxy) is 1. The number of anilines is 1. The maximum Gasteiger partial charge on any atom is 0.123 e. The SMILES string of the molecule is CCc1ccccc1-c1cc(F)ccc1Cc1cnccc1N1CCN(CC2CCOCC2)CC1. The number of hydrogen-bond donors (Lipinski definition) is 0. The van der Waals surface area contributed by atoms with Crippen molar-refractivity contribution in [2.24, 2.45) is 5.92 Å². The molecule has 5 rings (SSSR count). The van der Waals surface area contributed by atoms with Crippen molar-refractivity contribution >= 4 is 5.69 Å². The molecule has 0 radical (unpaired) electrons. The molecule has 0 spiro atoms. The Morgan fingerprint density at radius 3 is 2.51 bits per heavy atom. The van der Waals surface area contributed by atoms with Crippen molar-refractivity contribution < 1.29 is 9.13 Å². The Morgan fingerprint density at radius 1 is 0.914 bits per heavy atom. The molecule has 184 valence electrons. The summed E-state index contributed by atoms with van der Waals surface area (Å²) in [5.74, 6) is 0.580. The van der Waals surface area contributed by atoms with Gasteiger partial charge in [-0.3, -0.25) is 9.88 Å². The van der Waals surface area contributed by atoms with Crippen LogP contribution in [0.25, 0.3) is 11.1 Å². The van der Waals surface area contributed by atoms with Gasteiger partial charge in [0.15, 0.2) is 0 Å². The summed E-state index contributed by atoms with van der Waals surface area (Å²) in [5.41, 5.74) is 6.94. The lowest BCUT2D eigenvalue weighted by atomic mass is 9.91. The van der Waals surface area contributed by atoms with E-state index >= 15 is 0 Å². The highest BCUT2D eigenvalue weighted by molar-refractivity contribution is 5.72. The first-order chi connectivity index (χ1) is 17.2. The molecule has 2 fully saturated rings. The van der Waals surface area contributed by atoms with Crippen LogP contribution in [0.2, 0.25) is 0 Å². The van der Waals surface area contributed by atoms with Gasteiger partial charge in [0.1, 0.15) is 5.82 Å². The van der Waals surface area contributed by atoms with Crippen molar-refractivity contribution in [2.75, 3.05) is 50.8 Å². The number of benzene rings is 2. The number of pyridine rings is 1. The second-order valence-corrected chi connectivity index (χ2v) is 9.84. The molecule has 2 aromatic carbocycles. The number of aromatic nitrogens is 1. The van der Waals surface area contributed by atoms with Gasteiger partial charge in [0.2, 0.25) is 0 Å². The summed E-state index contributed by atoms with van der Waals surface area (Å²) in [6.07, 6.45) is 7.92. The van der Waals surface area contributed by atoms with Crippen molar-refractivity contribution in [3.63, 3.8) is 0 Å². The van der Waals surface area contributed by atoms with Crippen LogP contribution < -0.4 is 4.90 Å². The van der Waals surface area contributed by atoms with Crippen LogP contribution in [0.5, 0.6) is 0 Å². The van der Waals surface area contributed by atoms with E-state index in [1.54, 1.807) is 12.1 Å². The highest BCUT2D eigenvalue weighted by atomic mass is 19.1. The highest BCUT2D eigenvalue weighted by Gasteiger charge is 2.23. The third kappa shape index (κ3) is 5.74. The maximum absolute atomic E-state index is 14.3. The van der Waals surface area contributed by atoms with E-state index in [0.717, 1.165) is 74.8 Å². The summed E-state index contributed by atoms with van der Waals surface area (Å²) in [6.45, 7) is 9.40. The first-order valence-corrected chi connectivity index (χ1v) is 13.1. The minimum Gasteiger partial charge on any atom is -0.381 e. The molecule has 4 nitrogen and oxygen atoms in total. The Bertz CT molecular complexity index is 1120. The fraction of sp³-hybridized carbons (Fsp3) is 0.433. The molecule has 0 bridgehead atoms. The first kappa shape index (κ1) is 24.0. The molecule has 0 unspecified atom stereocenters. The predicted molar refractivity (Wildman–Crippen MR) is 140 cm³/mol. The molecular weight excluding hydrogens is 437 g/mol. The Morgan fingerprint density at radius 2 is 1.71 bits per heavy atom.